The van der Waals surface area contributed by atoms with E-state index in [1.54, 1.807) is 14.1 Å². The number of ether oxygens (including phenoxy) is 2. The molecule has 0 unspecified atom stereocenters. The molecular weight excluding hydrogens is 350 g/mol. The molecule has 0 saturated carbocycles. The molecule has 3 N–H and O–H groups in total. The molecule has 0 aromatic rings. The summed E-state index contributed by atoms with van der Waals surface area (Å²) >= 11 is 0. The van der Waals surface area contributed by atoms with E-state index in [2.05, 4.69) is 20.9 Å². The number of nitrogens with zero attached hydrogens (tertiary/aromatic N) is 2. The molecule has 0 aliphatic heterocycles. The van der Waals surface area contributed by atoms with Gasteiger partial charge in [0.05, 0.1) is 0 Å². The van der Waals surface area contributed by atoms with E-state index in [1.807, 2.05) is 27.7 Å². The highest BCUT2D eigenvalue weighted by molar-refractivity contribution is 5.84. The van der Waals surface area contributed by atoms with Crippen molar-refractivity contribution in [2.75, 3.05) is 53.5 Å². The summed E-state index contributed by atoms with van der Waals surface area (Å²) in [5.41, 5.74) is -0.507. The van der Waals surface area contributed by atoms with Crippen LogP contribution in [0.25, 0.3) is 0 Å². The Hall–Kier alpha value is -2.03. The molecule has 0 heterocycles. The average molecular weight is 388 g/mol. The first-order valence-corrected chi connectivity index (χ1v) is 9.42. The summed E-state index contributed by atoms with van der Waals surface area (Å²) in [7, 11) is 3.39. The van der Waals surface area contributed by atoms with Gasteiger partial charge in [0.15, 0.2) is 5.96 Å². The Morgan fingerprint density at radius 3 is 2.15 bits per heavy atom. The summed E-state index contributed by atoms with van der Waals surface area (Å²) in [5.74, 6) is 0.496. The van der Waals surface area contributed by atoms with E-state index in [0.29, 0.717) is 45.2 Å². The Bertz CT molecular complexity index is 461. The van der Waals surface area contributed by atoms with Gasteiger partial charge in [-0.05, 0) is 40.5 Å². The van der Waals surface area contributed by atoms with Crippen molar-refractivity contribution in [1.29, 1.82) is 0 Å². The Morgan fingerprint density at radius 1 is 1.00 bits per heavy atom. The highest BCUT2D eigenvalue weighted by atomic mass is 16.6. The molecule has 0 fully saturated rings. The van der Waals surface area contributed by atoms with Crippen LogP contribution in [0.1, 0.15) is 40.5 Å². The van der Waals surface area contributed by atoms with Crippen LogP contribution < -0.4 is 16.0 Å². The third kappa shape index (κ3) is 15.9. The molecule has 0 aliphatic rings. The molecule has 0 saturated heterocycles. The average Bonchev–Trinajstić information content (AvgIpc) is 2.56. The molecule has 0 aromatic heterocycles. The first-order chi connectivity index (χ1) is 12.7. The molecule has 158 valence electrons. The van der Waals surface area contributed by atoms with Gasteiger partial charge < -0.3 is 30.3 Å². The summed E-state index contributed by atoms with van der Waals surface area (Å²) in [6.07, 6.45) is 1.11. The summed E-state index contributed by atoms with van der Waals surface area (Å²) in [6, 6.07) is 0. The van der Waals surface area contributed by atoms with Crippen LogP contribution in [0, 0.1) is 0 Å². The number of amides is 2. The zero-order chi connectivity index (χ0) is 20.7. The predicted octanol–water partition coefficient (Wildman–Crippen LogP) is 0.951. The van der Waals surface area contributed by atoms with Gasteiger partial charge in [0, 0.05) is 46.9 Å². The number of carbonyl (C=O) groups is 2. The van der Waals surface area contributed by atoms with Crippen LogP contribution >= 0.6 is 0 Å². The minimum Gasteiger partial charge on any atom is -0.444 e. The summed E-state index contributed by atoms with van der Waals surface area (Å²) in [6.45, 7) is 10.6. The molecule has 2 amide bonds. The monoisotopic (exact) mass is 387 g/mol. The fourth-order valence-electron chi connectivity index (χ4n) is 1.79. The van der Waals surface area contributed by atoms with Gasteiger partial charge in [0.2, 0.25) is 5.91 Å². The Balaban J connectivity index is 4.23. The summed E-state index contributed by atoms with van der Waals surface area (Å²) in [4.78, 5) is 29.1. The SMILES string of the molecule is CCOCCCNC(=NCC(=O)N(C)C)NCCCNC(=O)OC(C)(C)C. The predicted molar refractivity (Wildman–Crippen MR) is 107 cm³/mol. The number of hydrogen-bond donors (Lipinski definition) is 3. The Morgan fingerprint density at radius 2 is 1.59 bits per heavy atom. The molecule has 0 atom stereocenters. The highest BCUT2D eigenvalue weighted by Gasteiger charge is 2.15. The standard InChI is InChI=1S/C18H37N5O4/c1-7-26-13-9-12-20-16(22-14-15(24)23(5)6)19-10-8-11-21-17(25)27-18(2,3)4/h7-14H2,1-6H3,(H,21,25)(H2,19,20,22). The van der Waals surface area contributed by atoms with Gasteiger partial charge in [-0.1, -0.05) is 0 Å². The fraction of sp³-hybridized carbons (Fsp3) is 0.833. The second-order valence-corrected chi connectivity index (χ2v) is 7.14. The molecule has 9 nitrogen and oxygen atoms in total. The highest BCUT2D eigenvalue weighted by Crippen LogP contribution is 2.06. The lowest BCUT2D eigenvalue weighted by Gasteiger charge is -2.19. The fourth-order valence-corrected chi connectivity index (χ4v) is 1.79. The van der Waals surface area contributed by atoms with Crippen molar-refractivity contribution in [1.82, 2.24) is 20.9 Å². The van der Waals surface area contributed by atoms with Gasteiger partial charge in [-0.15, -0.1) is 0 Å². The number of alkyl carbamates (subject to hydrolysis) is 1. The smallest absolute Gasteiger partial charge is 0.407 e. The largest absolute Gasteiger partial charge is 0.444 e. The number of guanidine groups is 1. The number of likely N-dealkylation sites (N-methyl/N-ethyl adjacent to an activating group) is 1. The van der Waals surface area contributed by atoms with Crippen molar-refractivity contribution in [3.63, 3.8) is 0 Å². The maximum atomic E-state index is 11.7. The van der Waals surface area contributed by atoms with Crippen LogP contribution in [0.2, 0.25) is 0 Å². The molecular formula is C18H37N5O4. The van der Waals surface area contributed by atoms with E-state index in [-0.39, 0.29) is 12.5 Å². The van der Waals surface area contributed by atoms with Gasteiger partial charge in [-0.2, -0.15) is 0 Å². The summed E-state index contributed by atoms with van der Waals surface area (Å²) < 4.78 is 10.5. The van der Waals surface area contributed by atoms with Gasteiger partial charge in [0.1, 0.15) is 12.1 Å². The molecule has 0 bridgehead atoms. The van der Waals surface area contributed by atoms with Crippen molar-refractivity contribution in [2.24, 2.45) is 4.99 Å². The Labute approximate surface area is 163 Å². The normalized spacial score (nSPS) is 11.7. The molecule has 27 heavy (non-hydrogen) atoms. The number of aliphatic imine (C=N–C) groups is 1. The molecule has 0 aliphatic carbocycles. The van der Waals surface area contributed by atoms with Crippen LogP contribution in [0.3, 0.4) is 0 Å². The van der Waals surface area contributed by atoms with Crippen molar-refractivity contribution < 1.29 is 19.1 Å². The topological polar surface area (TPSA) is 104 Å². The van der Waals surface area contributed by atoms with Crippen molar-refractivity contribution in [3.05, 3.63) is 0 Å². The van der Waals surface area contributed by atoms with Gasteiger partial charge in [0.25, 0.3) is 0 Å². The lowest BCUT2D eigenvalue weighted by atomic mass is 10.2. The number of nitrogens with one attached hydrogen (secondary N) is 3. The third-order valence-electron chi connectivity index (χ3n) is 3.15. The maximum absolute atomic E-state index is 11.7. The van der Waals surface area contributed by atoms with Crippen LogP contribution in [0.4, 0.5) is 4.79 Å². The van der Waals surface area contributed by atoms with E-state index in [1.165, 1.54) is 4.90 Å². The molecule has 0 aromatic carbocycles. The molecule has 0 spiro atoms. The molecule has 0 radical (unpaired) electrons. The first-order valence-electron chi connectivity index (χ1n) is 9.42. The van der Waals surface area contributed by atoms with E-state index in [0.717, 1.165) is 6.42 Å². The van der Waals surface area contributed by atoms with Gasteiger partial charge >= 0.3 is 6.09 Å². The molecule has 0 rings (SSSR count). The van der Waals surface area contributed by atoms with Crippen molar-refractivity contribution >= 4 is 18.0 Å². The number of hydrogen-bond acceptors (Lipinski definition) is 5. The van der Waals surface area contributed by atoms with E-state index in [4.69, 9.17) is 9.47 Å². The van der Waals surface area contributed by atoms with Gasteiger partial charge in [-0.3, -0.25) is 4.79 Å². The van der Waals surface area contributed by atoms with E-state index < -0.39 is 11.7 Å². The van der Waals surface area contributed by atoms with Crippen LogP contribution in [0.15, 0.2) is 4.99 Å². The zero-order valence-corrected chi connectivity index (χ0v) is 17.7. The van der Waals surface area contributed by atoms with Crippen molar-refractivity contribution in [3.8, 4) is 0 Å². The van der Waals surface area contributed by atoms with Crippen LogP contribution in [0.5, 0.6) is 0 Å². The second kappa shape index (κ2) is 14.1. The lowest BCUT2D eigenvalue weighted by molar-refractivity contribution is -0.127. The van der Waals surface area contributed by atoms with E-state index in [9.17, 15) is 9.59 Å². The number of carbonyl (C=O) groups excluding carboxylic acids is 2. The summed E-state index contributed by atoms with van der Waals surface area (Å²) in [5, 5.41) is 9.05. The maximum Gasteiger partial charge on any atom is 0.407 e. The Kier molecular flexibility index (Phi) is 13.0. The quantitative estimate of drug-likeness (QED) is 0.277. The molecule has 9 heteroatoms. The lowest BCUT2D eigenvalue weighted by Crippen LogP contribution is -2.40. The zero-order valence-electron chi connectivity index (χ0n) is 17.7. The first kappa shape index (κ1) is 25.0. The minimum atomic E-state index is -0.507. The van der Waals surface area contributed by atoms with E-state index >= 15 is 0 Å². The van der Waals surface area contributed by atoms with Crippen LogP contribution in [-0.2, 0) is 14.3 Å². The number of rotatable bonds is 11. The van der Waals surface area contributed by atoms with Gasteiger partial charge in [-0.25, -0.2) is 9.79 Å². The van der Waals surface area contributed by atoms with Crippen molar-refractivity contribution in [2.45, 2.75) is 46.1 Å². The minimum absolute atomic E-state index is 0.0722. The van der Waals surface area contributed by atoms with Crippen LogP contribution in [-0.4, -0.2) is 81.9 Å². The second-order valence-electron chi connectivity index (χ2n) is 7.14. The third-order valence-corrected chi connectivity index (χ3v) is 3.15.